The molecule has 38 heavy (non-hydrogen) atoms. The van der Waals surface area contributed by atoms with Crippen molar-refractivity contribution < 1.29 is 42.0 Å². The molecule has 2 aliphatic rings. The molecule has 1 amide bonds. The molecule has 0 radical (unpaired) electrons. The first kappa shape index (κ1) is 29.4. The van der Waals surface area contributed by atoms with Crippen molar-refractivity contribution in [3.8, 4) is 23.0 Å². The van der Waals surface area contributed by atoms with E-state index in [4.69, 9.17) is 18.9 Å². The van der Waals surface area contributed by atoms with E-state index in [1.54, 1.807) is 49.6 Å². The fraction of sp³-hybridized carbons (Fsp3) is 0.519. The van der Waals surface area contributed by atoms with E-state index in [9.17, 15) is 23.1 Å². The second kappa shape index (κ2) is 13.1. The van der Waals surface area contributed by atoms with Crippen LogP contribution in [0.3, 0.4) is 0 Å². The molecule has 0 aromatic heterocycles. The molecule has 210 valence electrons. The van der Waals surface area contributed by atoms with Crippen LogP contribution in [0, 0.1) is 0 Å². The summed E-state index contributed by atoms with van der Waals surface area (Å²) >= 11 is 0. The number of carbonyl (C=O) groups excluding carboxylic acids is 1. The first-order chi connectivity index (χ1) is 17.7. The van der Waals surface area contributed by atoms with Crippen LogP contribution in [0.25, 0.3) is 0 Å². The van der Waals surface area contributed by atoms with E-state index >= 15 is 0 Å². The van der Waals surface area contributed by atoms with Crippen molar-refractivity contribution in [2.45, 2.75) is 51.1 Å². The van der Waals surface area contributed by atoms with Crippen molar-refractivity contribution in [2.24, 2.45) is 0 Å². The van der Waals surface area contributed by atoms with Crippen molar-refractivity contribution in [3.63, 3.8) is 0 Å². The lowest BCUT2D eigenvalue weighted by molar-refractivity contribution is -0.177. The van der Waals surface area contributed by atoms with Crippen LogP contribution < -0.4 is 24.3 Å². The summed E-state index contributed by atoms with van der Waals surface area (Å²) in [6, 6.07) is 9.11. The third-order valence-corrected chi connectivity index (χ3v) is 6.47. The molecule has 0 aliphatic carbocycles. The fourth-order valence-electron chi connectivity index (χ4n) is 4.58. The minimum Gasteiger partial charge on any atom is -0.497 e. The van der Waals surface area contributed by atoms with E-state index in [0.717, 1.165) is 0 Å². The number of rotatable bonds is 10. The van der Waals surface area contributed by atoms with Crippen LogP contribution in [-0.4, -0.2) is 74.2 Å². The summed E-state index contributed by atoms with van der Waals surface area (Å²) in [6.07, 6.45) is -5.32. The van der Waals surface area contributed by atoms with Crippen molar-refractivity contribution in [1.82, 2.24) is 10.2 Å². The lowest BCUT2D eigenvalue weighted by Gasteiger charge is -2.33. The number of alkyl halides is 3. The van der Waals surface area contributed by atoms with E-state index in [0.29, 0.717) is 48.2 Å². The number of amides is 1. The Morgan fingerprint density at radius 3 is 2.50 bits per heavy atom. The Morgan fingerprint density at radius 1 is 1.13 bits per heavy atom. The highest BCUT2D eigenvalue weighted by Crippen LogP contribution is 2.36. The Hall–Kier alpha value is -3.18. The number of ether oxygens (including phenoxy) is 4. The minimum absolute atomic E-state index is 0. The van der Waals surface area contributed by atoms with Gasteiger partial charge in [-0.3, -0.25) is 9.69 Å². The molecule has 1 saturated heterocycles. The van der Waals surface area contributed by atoms with Crippen molar-refractivity contribution >= 4 is 5.91 Å². The van der Waals surface area contributed by atoms with Gasteiger partial charge in [-0.25, -0.2) is 0 Å². The molecule has 8 nitrogen and oxygen atoms in total. The topological polar surface area (TPSA) is 89.5 Å². The highest BCUT2D eigenvalue weighted by molar-refractivity contribution is 5.76. The molecule has 11 heteroatoms. The molecule has 2 aromatic rings. The molecule has 0 saturated carbocycles. The van der Waals surface area contributed by atoms with E-state index in [-0.39, 0.29) is 40.0 Å². The molecule has 2 aromatic carbocycles. The smallest absolute Gasteiger partial charge is 0.404 e. The first-order valence-corrected chi connectivity index (χ1v) is 12.2. The number of aliphatic hydroxyl groups excluding tert-OH is 1. The van der Waals surface area contributed by atoms with Gasteiger partial charge in [-0.2, -0.15) is 13.2 Å². The average Bonchev–Trinajstić information content (AvgIpc) is 3.37. The number of halogens is 3. The highest BCUT2D eigenvalue weighted by Gasteiger charge is 2.46. The molecule has 2 N–H and O–H groups in total. The van der Waals surface area contributed by atoms with Crippen LogP contribution in [-0.2, 0) is 4.79 Å². The zero-order valence-electron chi connectivity index (χ0n) is 20.5. The van der Waals surface area contributed by atoms with Crippen LogP contribution in [0.5, 0.6) is 23.0 Å². The number of methoxy groups -OCH3 is 1. The van der Waals surface area contributed by atoms with Gasteiger partial charge in [-0.1, -0.05) is 13.5 Å². The number of aliphatic hydroxyl groups is 1. The zero-order chi connectivity index (χ0) is 26.4. The standard InChI is InChI=1S/C26H31F3N2O6.CH4/c1-34-18-5-7-19(8-6-18)35-12-10-24(32)30-20(16-31-11-2-3-23(31)26(27,28)29)25(33)17-4-9-21-22(15-17)37-14-13-36-21;/h4-9,15,20,23,25,33H,2-3,10-14,16H2,1H3,(H,30,32);1H4/t20-,23+,25-;/m1./s1. The third-order valence-electron chi connectivity index (χ3n) is 6.47. The number of hydrogen-bond donors (Lipinski definition) is 2. The fourth-order valence-corrected chi connectivity index (χ4v) is 4.58. The summed E-state index contributed by atoms with van der Waals surface area (Å²) in [4.78, 5) is 14.0. The first-order valence-electron chi connectivity index (χ1n) is 12.2. The largest absolute Gasteiger partial charge is 0.497 e. The monoisotopic (exact) mass is 540 g/mol. The Balaban J connectivity index is 0.00000400. The van der Waals surface area contributed by atoms with Crippen LogP contribution in [0.4, 0.5) is 13.2 Å². The molecular weight excluding hydrogens is 505 g/mol. The number of likely N-dealkylation sites (tertiary alicyclic amines) is 1. The summed E-state index contributed by atoms with van der Waals surface area (Å²) in [5.41, 5.74) is 0.409. The predicted molar refractivity (Wildman–Crippen MR) is 135 cm³/mol. The molecule has 4 rings (SSSR count). The predicted octanol–water partition coefficient (Wildman–Crippen LogP) is 4.12. The molecule has 2 aliphatic heterocycles. The normalized spacial score (nSPS) is 18.7. The van der Waals surface area contributed by atoms with Crippen LogP contribution in [0.2, 0.25) is 0 Å². The van der Waals surface area contributed by atoms with Gasteiger partial charge in [0.1, 0.15) is 36.9 Å². The van der Waals surface area contributed by atoms with Gasteiger partial charge >= 0.3 is 6.18 Å². The lowest BCUT2D eigenvalue weighted by Crippen LogP contribution is -2.51. The Morgan fingerprint density at radius 2 is 1.82 bits per heavy atom. The molecule has 3 atom stereocenters. The summed E-state index contributed by atoms with van der Waals surface area (Å²) < 4.78 is 62.5. The molecule has 0 spiro atoms. The summed E-state index contributed by atoms with van der Waals surface area (Å²) in [6.45, 7) is 0.873. The summed E-state index contributed by atoms with van der Waals surface area (Å²) in [5, 5.41) is 13.9. The zero-order valence-corrected chi connectivity index (χ0v) is 20.5. The van der Waals surface area contributed by atoms with E-state index < -0.39 is 30.3 Å². The van der Waals surface area contributed by atoms with Gasteiger partial charge in [0.25, 0.3) is 0 Å². The minimum atomic E-state index is -4.39. The van der Waals surface area contributed by atoms with Crippen molar-refractivity contribution in [1.29, 1.82) is 0 Å². The van der Waals surface area contributed by atoms with Gasteiger partial charge in [-0.15, -0.1) is 0 Å². The van der Waals surface area contributed by atoms with Crippen LogP contribution >= 0.6 is 0 Å². The summed E-state index contributed by atoms with van der Waals surface area (Å²) in [5.74, 6) is 1.73. The number of benzene rings is 2. The van der Waals surface area contributed by atoms with Crippen molar-refractivity contribution in [3.05, 3.63) is 48.0 Å². The number of nitrogens with zero attached hydrogens (tertiary/aromatic N) is 1. The number of nitrogens with one attached hydrogen (secondary N) is 1. The van der Waals surface area contributed by atoms with E-state index in [2.05, 4.69) is 5.32 Å². The Bertz CT molecular complexity index is 1050. The second-order valence-corrected chi connectivity index (χ2v) is 8.99. The van der Waals surface area contributed by atoms with Gasteiger partial charge in [-0.05, 0) is 61.3 Å². The summed E-state index contributed by atoms with van der Waals surface area (Å²) in [7, 11) is 1.55. The highest BCUT2D eigenvalue weighted by atomic mass is 19.4. The number of fused-ring (bicyclic) bond motifs is 1. The Labute approximate surface area is 220 Å². The SMILES string of the molecule is C.COc1ccc(OCCC(=O)N[C@H](CN2CCC[C@H]2C(F)(F)F)[C@H](O)c2ccc3c(c2)OCCO3)cc1. The molecule has 2 heterocycles. The second-order valence-electron chi connectivity index (χ2n) is 8.99. The third kappa shape index (κ3) is 7.44. The molecule has 1 fully saturated rings. The molecule has 0 unspecified atom stereocenters. The lowest BCUT2D eigenvalue weighted by atomic mass is 10.00. The van der Waals surface area contributed by atoms with Gasteiger partial charge in [0.2, 0.25) is 5.91 Å². The maximum Gasteiger partial charge on any atom is 0.404 e. The molecule has 0 bridgehead atoms. The maximum atomic E-state index is 13.6. The van der Waals surface area contributed by atoms with Crippen LogP contribution in [0.1, 0.15) is 38.4 Å². The Kier molecular flexibility index (Phi) is 10.1. The quantitative estimate of drug-likeness (QED) is 0.469. The average molecular weight is 541 g/mol. The number of hydrogen-bond acceptors (Lipinski definition) is 7. The number of carbonyl (C=O) groups is 1. The van der Waals surface area contributed by atoms with E-state index in [1.807, 2.05) is 0 Å². The van der Waals surface area contributed by atoms with Gasteiger partial charge in [0.15, 0.2) is 11.5 Å². The van der Waals surface area contributed by atoms with E-state index in [1.165, 1.54) is 4.90 Å². The maximum absolute atomic E-state index is 13.6. The van der Waals surface area contributed by atoms with Crippen molar-refractivity contribution in [2.75, 3.05) is 40.0 Å². The van der Waals surface area contributed by atoms with Gasteiger partial charge in [0.05, 0.1) is 26.2 Å². The molecular formula is C27H35F3N2O6. The van der Waals surface area contributed by atoms with Crippen LogP contribution in [0.15, 0.2) is 42.5 Å². The van der Waals surface area contributed by atoms with Gasteiger partial charge < -0.3 is 29.4 Å². The van der Waals surface area contributed by atoms with Gasteiger partial charge in [0, 0.05) is 6.54 Å².